The van der Waals surface area contributed by atoms with Gasteiger partial charge in [-0.2, -0.15) is 0 Å². The van der Waals surface area contributed by atoms with Gasteiger partial charge in [-0.25, -0.2) is 4.79 Å². The summed E-state index contributed by atoms with van der Waals surface area (Å²) in [7, 11) is 0. The zero-order valence-electron chi connectivity index (χ0n) is 8.90. The van der Waals surface area contributed by atoms with E-state index in [-0.39, 0.29) is 13.2 Å². The summed E-state index contributed by atoms with van der Waals surface area (Å²) in [6.45, 7) is 1.75. The van der Waals surface area contributed by atoms with E-state index in [0.29, 0.717) is 22.4 Å². The topological polar surface area (TPSA) is 55.8 Å². The van der Waals surface area contributed by atoms with Crippen LogP contribution >= 0.6 is 15.9 Å². The second-order valence-corrected chi connectivity index (χ2v) is 3.83. The summed E-state index contributed by atoms with van der Waals surface area (Å²) in [4.78, 5) is 11.1. The predicted octanol–water partition coefficient (Wildman–Crippen LogP) is 1.88. The monoisotopic (exact) mass is 288 g/mol. The summed E-state index contributed by atoms with van der Waals surface area (Å²) in [5, 5.41) is 9.09. The van der Waals surface area contributed by atoms with Gasteiger partial charge in [-0.3, -0.25) is 0 Å². The number of halogens is 1. The van der Waals surface area contributed by atoms with Crippen LogP contribution in [0.15, 0.2) is 22.7 Å². The van der Waals surface area contributed by atoms with Crippen LogP contribution in [0.1, 0.15) is 12.5 Å². The van der Waals surface area contributed by atoms with E-state index in [4.69, 9.17) is 14.6 Å². The van der Waals surface area contributed by atoms with Gasteiger partial charge in [-0.15, -0.1) is 0 Å². The van der Waals surface area contributed by atoms with E-state index < -0.39 is 5.97 Å². The van der Waals surface area contributed by atoms with E-state index in [1.807, 2.05) is 0 Å². The summed E-state index contributed by atoms with van der Waals surface area (Å²) < 4.78 is 10.7. The van der Waals surface area contributed by atoms with Crippen molar-refractivity contribution in [1.82, 2.24) is 0 Å². The van der Waals surface area contributed by atoms with Gasteiger partial charge in [-0.1, -0.05) is 12.1 Å². The second kappa shape index (κ2) is 6.50. The maximum absolute atomic E-state index is 11.1. The molecule has 5 heteroatoms. The van der Waals surface area contributed by atoms with Crippen LogP contribution in [0, 0.1) is 0 Å². The van der Waals surface area contributed by atoms with Gasteiger partial charge in [0.15, 0.2) is 6.61 Å². The van der Waals surface area contributed by atoms with Gasteiger partial charge < -0.3 is 14.6 Å². The first-order valence-electron chi connectivity index (χ1n) is 4.85. The Balaban J connectivity index is 2.69. The molecule has 0 aromatic heterocycles. The average Bonchev–Trinajstić information content (AvgIpc) is 2.27. The molecule has 16 heavy (non-hydrogen) atoms. The van der Waals surface area contributed by atoms with Crippen molar-refractivity contribution in [3.63, 3.8) is 0 Å². The molecule has 1 aromatic carbocycles. The summed E-state index contributed by atoms with van der Waals surface area (Å²) in [5.41, 5.74) is 0.624. The van der Waals surface area contributed by atoms with Crippen LogP contribution in [0.2, 0.25) is 0 Å². The van der Waals surface area contributed by atoms with Gasteiger partial charge in [0.1, 0.15) is 5.75 Å². The lowest BCUT2D eigenvalue weighted by Crippen LogP contribution is -2.15. The Morgan fingerprint density at radius 1 is 1.50 bits per heavy atom. The van der Waals surface area contributed by atoms with Gasteiger partial charge in [0.25, 0.3) is 0 Å². The number of para-hydroxylation sites is 1. The molecule has 1 aromatic rings. The third-order valence-corrected chi connectivity index (χ3v) is 2.48. The molecule has 0 atom stereocenters. The summed E-state index contributed by atoms with van der Waals surface area (Å²) >= 11 is 3.29. The fourth-order valence-electron chi connectivity index (χ4n) is 1.17. The maximum atomic E-state index is 11.1. The number of carbonyl (C=O) groups is 1. The Labute approximate surface area is 102 Å². The van der Waals surface area contributed by atoms with E-state index in [1.54, 1.807) is 25.1 Å². The van der Waals surface area contributed by atoms with Crippen molar-refractivity contribution < 1.29 is 19.4 Å². The van der Waals surface area contributed by atoms with Crippen LogP contribution in [0.25, 0.3) is 0 Å². The van der Waals surface area contributed by atoms with Crippen LogP contribution in [-0.2, 0) is 16.1 Å². The molecule has 0 heterocycles. The Hall–Kier alpha value is -1.07. The number of esters is 1. The largest absolute Gasteiger partial charge is 0.480 e. The van der Waals surface area contributed by atoms with E-state index in [2.05, 4.69) is 15.9 Å². The first kappa shape index (κ1) is 13.0. The molecule has 0 fully saturated rings. The van der Waals surface area contributed by atoms with Crippen molar-refractivity contribution in [2.75, 3.05) is 13.2 Å². The predicted molar refractivity (Wildman–Crippen MR) is 62.2 cm³/mol. The lowest BCUT2D eigenvalue weighted by molar-refractivity contribution is -0.145. The molecule has 88 valence electrons. The van der Waals surface area contributed by atoms with Crippen LogP contribution in [0.5, 0.6) is 5.75 Å². The number of benzene rings is 1. The Morgan fingerprint density at radius 3 is 2.88 bits per heavy atom. The van der Waals surface area contributed by atoms with Gasteiger partial charge in [0.2, 0.25) is 0 Å². The first-order valence-corrected chi connectivity index (χ1v) is 5.65. The number of aliphatic hydroxyl groups excluding tert-OH is 1. The highest BCUT2D eigenvalue weighted by Crippen LogP contribution is 2.28. The zero-order valence-corrected chi connectivity index (χ0v) is 10.5. The summed E-state index contributed by atoms with van der Waals surface area (Å²) in [5.74, 6) is 0.0418. The van der Waals surface area contributed by atoms with Crippen molar-refractivity contribution in [3.8, 4) is 5.75 Å². The number of ether oxygens (including phenoxy) is 2. The minimum absolute atomic E-state index is 0.141. The minimum Gasteiger partial charge on any atom is -0.480 e. The molecule has 0 spiro atoms. The van der Waals surface area contributed by atoms with Gasteiger partial charge >= 0.3 is 5.97 Å². The molecule has 0 amide bonds. The highest BCUT2D eigenvalue weighted by atomic mass is 79.9. The lowest BCUT2D eigenvalue weighted by Gasteiger charge is -2.11. The van der Waals surface area contributed by atoms with E-state index >= 15 is 0 Å². The highest BCUT2D eigenvalue weighted by Gasteiger charge is 2.10. The molecule has 4 nitrogen and oxygen atoms in total. The molecule has 0 bridgehead atoms. The number of carbonyl (C=O) groups excluding carboxylic acids is 1. The molecular weight excluding hydrogens is 276 g/mol. The molecular formula is C11H13BrO4. The molecule has 0 saturated heterocycles. The third kappa shape index (κ3) is 3.50. The normalized spacial score (nSPS) is 9.94. The van der Waals surface area contributed by atoms with Crippen LogP contribution < -0.4 is 4.74 Å². The molecule has 0 aliphatic carbocycles. The van der Waals surface area contributed by atoms with Crippen molar-refractivity contribution in [1.29, 1.82) is 0 Å². The molecule has 1 rings (SSSR count). The molecule has 0 aliphatic heterocycles. The fraction of sp³-hybridized carbons (Fsp3) is 0.364. The lowest BCUT2D eigenvalue weighted by atomic mass is 10.2. The highest BCUT2D eigenvalue weighted by molar-refractivity contribution is 9.10. The Bertz CT molecular complexity index is 365. The smallest absolute Gasteiger partial charge is 0.344 e. The molecule has 0 unspecified atom stereocenters. The quantitative estimate of drug-likeness (QED) is 0.841. The summed E-state index contributed by atoms with van der Waals surface area (Å²) in [6.07, 6.45) is 0. The van der Waals surface area contributed by atoms with Crippen LogP contribution in [-0.4, -0.2) is 24.3 Å². The second-order valence-electron chi connectivity index (χ2n) is 2.98. The van der Waals surface area contributed by atoms with E-state index in [9.17, 15) is 4.79 Å². The van der Waals surface area contributed by atoms with Gasteiger partial charge in [-0.05, 0) is 28.9 Å². The Morgan fingerprint density at radius 2 is 2.25 bits per heavy atom. The average molecular weight is 289 g/mol. The van der Waals surface area contributed by atoms with E-state index in [0.717, 1.165) is 0 Å². The first-order chi connectivity index (χ1) is 7.69. The minimum atomic E-state index is -0.429. The SMILES string of the molecule is CCOC(=O)COc1c(Br)cccc1CO. The third-order valence-electron chi connectivity index (χ3n) is 1.86. The molecule has 0 radical (unpaired) electrons. The summed E-state index contributed by atoms with van der Waals surface area (Å²) in [6, 6.07) is 5.29. The van der Waals surface area contributed by atoms with Crippen molar-refractivity contribution in [2.24, 2.45) is 0 Å². The molecule has 0 saturated carbocycles. The van der Waals surface area contributed by atoms with Crippen molar-refractivity contribution >= 4 is 21.9 Å². The van der Waals surface area contributed by atoms with Gasteiger partial charge in [0, 0.05) is 5.56 Å². The van der Waals surface area contributed by atoms with Crippen molar-refractivity contribution in [2.45, 2.75) is 13.5 Å². The van der Waals surface area contributed by atoms with Crippen LogP contribution in [0.3, 0.4) is 0 Å². The maximum Gasteiger partial charge on any atom is 0.344 e. The van der Waals surface area contributed by atoms with Crippen molar-refractivity contribution in [3.05, 3.63) is 28.2 Å². The fourth-order valence-corrected chi connectivity index (χ4v) is 1.70. The standard InChI is InChI=1S/C11H13BrO4/c1-2-15-10(14)7-16-11-8(6-13)4-3-5-9(11)12/h3-5,13H,2,6-7H2,1H3. The Kier molecular flexibility index (Phi) is 5.28. The van der Waals surface area contributed by atoms with E-state index in [1.165, 1.54) is 0 Å². The van der Waals surface area contributed by atoms with Gasteiger partial charge in [0.05, 0.1) is 17.7 Å². The molecule has 0 aliphatic rings. The number of hydrogen-bond acceptors (Lipinski definition) is 4. The van der Waals surface area contributed by atoms with Crippen LogP contribution in [0.4, 0.5) is 0 Å². The zero-order chi connectivity index (χ0) is 12.0. The number of aliphatic hydroxyl groups is 1. The number of hydrogen-bond donors (Lipinski definition) is 1. The molecule has 1 N–H and O–H groups in total. The number of rotatable bonds is 5.